The van der Waals surface area contributed by atoms with E-state index < -0.39 is 21.0 Å². The van der Waals surface area contributed by atoms with E-state index in [1.807, 2.05) is 91.0 Å². The van der Waals surface area contributed by atoms with Gasteiger partial charge in [0.2, 0.25) is 0 Å². The number of rotatable bonds is 6. The Bertz CT molecular complexity index is 649. The summed E-state index contributed by atoms with van der Waals surface area (Å²) in [6.07, 6.45) is 2.56. The average molecular weight is 493 g/mol. The van der Waals surface area contributed by atoms with Crippen LogP contribution in [-0.2, 0) is 4.74 Å². The minimum absolute atomic E-state index is 0. The van der Waals surface area contributed by atoms with E-state index in [-0.39, 0.29) is 29.6 Å². The molecule has 3 aromatic rings. The second kappa shape index (κ2) is 13.9. The van der Waals surface area contributed by atoms with E-state index in [0.29, 0.717) is 0 Å². The number of para-hydroxylation sites is 3. The molecule has 0 unspecified atom stereocenters. The molecule has 1 fully saturated rings. The fraction of sp³-hybridized carbons (Fsp3) is 0.182. The van der Waals surface area contributed by atoms with Crippen molar-refractivity contribution in [3.63, 3.8) is 0 Å². The van der Waals surface area contributed by atoms with Gasteiger partial charge in [-0.2, -0.15) is 0 Å². The second-order valence-corrected chi connectivity index (χ2v) is 8.99. The quantitative estimate of drug-likeness (QED) is 0.470. The van der Waals surface area contributed by atoms with Gasteiger partial charge in [-0.15, -0.1) is 0 Å². The summed E-state index contributed by atoms with van der Waals surface area (Å²) in [5, 5.41) is 0. The van der Waals surface area contributed by atoms with Gasteiger partial charge in [0.15, 0.2) is 0 Å². The third-order valence-electron chi connectivity index (χ3n) is 3.66. The maximum atomic E-state index is 5.97. The number of benzene rings is 3. The molecule has 0 N–H and O–H groups in total. The van der Waals surface area contributed by atoms with Gasteiger partial charge in [-0.3, -0.25) is 0 Å². The van der Waals surface area contributed by atoms with Crippen LogP contribution in [0.15, 0.2) is 91.0 Å². The third-order valence-corrected chi connectivity index (χ3v) is 7.11. The van der Waals surface area contributed by atoms with Crippen molar-refractivity contribution < 1.29 is 14.0 Å². The first kappa shape index (κ1) is 23.1. The van der Waals surface area contributed by atoms with Crippen LogP contribution in [0.25, 0.3) is 0 Å². The van der Waals surface area contributed by atoms with Gasteiger partial charge in [-0.1, -0.05) is 0 Å². The zero-order valence-corrected chi connectivity index (χ0v) is 21.0. The molecule has 0 atom stereocenters. The molecular formula is C22H23NaO4Sn. The topological polar surface area (TPSA) is 36.9 Å². The van der Waals surface area contributed by atoms with Gasteiger partial charge in [0.1, 0.15) is 0 Å². The summed E-state index contributed by atoms with van der Waals surface area (Å²) >= 11 is -3.06. The van der Waals surface area contributed by atoms with Crippen LogP contribution in [0.5, 0.6) is 17.2 Å². The monoisotopic (exact) mass is 494 g/mol. The van der Waals surface area contributed by atoms with Crippen LogP contribution in [0.4, 0.5) is 0 Å². The summed E-state index contributed by atoms with van der Waals surface area (Å²) in [5.74, 6) is 2.30. The zero-order chi connectivity index (χ0) is 18.6. The summed E-state index contributed by atoms with van der Waals surface area (Å²) in [5.41, 5.74) is 0. The zero-order valence-electron chi connectivity index (χ0n) is 16.1. The van der Waals surface area contributed by atoms with Gasteiger partial charge in [0.05, 0.1) is 0 Å². The summed E-state index contributed by atoms with van der Waals surface area (Å²) in [7, 11) is 0. The summed E-state index contributed by atoms with van der Waals surface area (Å²) in [6.45, 7) is 2.00. The Hall–Kier alpha value is -1.18. The molecule has 4 nitrogen and oxygen atoms in total. The second-order valence-electron chi connectivity index (χ2n) is 5.81. The normalized spacial score (nSPS) is 12.3. The van der Waals surface area contributed by atoms with E-state index >= 15 is 0 Å². The molecule has 28 heavy (non-hydrogen) atoms. The van der Waals surface area contributed by atoms with Gasteiger partial charge < -0.3 is 4.74 Å². The van der Waals surface area contributed by atoms with Gasteiger partial charge in [-0.05, 0) is 12.8 Å². The third kappa shape index (κ3) is 8.88. The Balaban J connectivity index is 0.000000408. The van der Waals surface area contributed by atoms with Crippen molar-refractivity contribution in [3.05, 3.63) is 91.0 Å². The van der Waals surface area contributed by atoms with Crippen LogP contribution in [0.3, 0.4) is 0 Å². The van der Waals surface area contributed by atoms with Crippen molar-refractivity contribution >= 4 is 50.6 Å². The molecule has 1 heterocycles. The van der Waals surface area contributed by atoms with Crippen LogP contribution < -0.4 is 9.22 Å². The molecule has 2 radical (unpaired) electrons. The van der Waals surface area contributed by atoms with Crippen molar-refractivity contribution in [2.24, 2.45) is 0 Å². The van der Waals surface area contributed by atoms with E-state index in [9.17, 15) is 0 Å². The number of hydrogen-bond acceptors (Lipinski definition) is 4. The Morgan fingerprint density at radius 2 is 0.857 bits per heavy atom. The van der Waals surface area contributed by atoms with E-state index in [1.165, 1.54) is 12.8 Å². The first-order valence-electron chi connectivity index (χ1n) is 9.03. The van der Waals surface area contributed by atoms with Gasteiger partial charge in [-0.25, -0.2) is 0 Å². The molecule has 1 aliphatic rings. The standard InChI is InChI=1S/3C6H6O.C4H8O.Na.Sn/c3*7-6-4-2-1-3-5-6;1-2-4-5-3-1;;/h3*1-5,7H;1-4H2;;/q;;;;;+3/p-3. The molecule has 0 spiro atoms. The Morgan fingerprint density at radius 3 is 1.11 bits per heavy atom. The molecule has 0 amide bonds. The molecule has 1 aliphatic heterocycles. The van der Waals surface area contributed by atoms with E-state index in [2.05, 4.69) is 0 Å². The van der Waals surface area contributed by atoms with E-state index in [1.54, 1.807) is 0 Å². The fourth-order valence-corrected chi connectivity index (χ4v) is 5.50. The van der Waals surface area contributed by atoms with Crippen molar-refractivity contribution in [2.45, 2.75) is 12.8 Å². The van der Waals surface area contributed by atoms with Crippen molar-refractivity contribution in [1.82, 2.24) is 0 Å². The fourth-order valence-electron chi connectivity index (χ4n) is 2.33. The first-order valence-corrected chi connectivity index (χ1v) is 12.5. The Kier molecular flexibility index (Phi) is 11.5. The van der Waals surface area contributed by atoms with Crippen LogP contribution in [0.2, 0.25) is 0 Å². The van der Waals surface area contributed by atoms with Crippen LogP contribution in [0.1, 0.15) is 12.8 Å². The first-order chi connectivity index (χ1) is 13.4. The predicted octanol–water partition coefficient (Wildman–Crippen LogP) is 4.62. The molecular weight excluding hydrogens is 470 g/mol. The molecule has 0 saturated carbocycles. The SMILES string of the molecule is C1CCOC1.[Na].c1ccc([O][Sn]([O]c2ccccc2)[O]c2ccccc2)cc1. The van der Waals surface area contributed by atoms with Crippen molar-refractivity contribution in [3.8, 4) is 17.2 Å². The molecule has 0 aliphatic carbocycles. The minimum atomic E-state index is -3.06. The maximum absolute atomic E-state index is 5.97. The number of ether oxygens (including phenoxy) is 1. The van der Waals surface area contributed by atoms with Gasteiger partial charge in [0.25, 0.3) is 0 Å². The Labute approximate surface area is 197 Å². The van der Waals surface area contributed by atoms with Gasteiger partial charge >= 0.3 is 138 Å². The summed E-state index contributed by atoms with van der Waals surface area (Å²) < 4.78 is 22.9. The van der Waals surface area contributed by atoms with E-state index in [4.69, 9.17) is 14.0 Å². The number of hydrogen-bond donors (Lipinski definition) is 0. The predicted molar refractivity (Wildman–Crippen MR) is 113 cm³/mol. The molecule has 1 saturated heterocycles. The molecule has 4 rings (SSSR count). The molecule has 0 bridgehead atoms. The van der Waals surface area contributed by atoms with Crippen LogP contribution in [0, 0.1) is 0 Å². The van der Waals surface area contributed by atoms with Crippen LogP contribution >= 0.6 is 0 Å². The Morgan fingerprint density at radius 1 is 0.536 bits per heavy atom. The van der Waals surface area contributed by atoms with Crippen LogP contribution in [-0.4, -0.2) is 63.8 Å². The average Bonchev–Trinajstić information content (AvgIpc) is 3.30. The van der Waals surface area contributed by atoms with Crippen molar-refractivity contribution in [2.75, 3.05) is 13.2 Å². The molecule has 3 aromatic carbocycles. The summed E-state index contributed by atoms with van der Waals surface area (Å²) in [6, 6.07) is 28.9. The molecule has 140 valence electrons. The van der Waals surface area contributed by atoms with Crippen molar-refractivity contribution in [1.29, 1.82) is 0 Å². The summed E-state index contributed by atoms with van der Waals surface area (Å²) in [4.78, 5) is 0. The molecule has 6 heteroatoms. The molecule has 0 aromatic heterocycles. The van der Waals surface area contributed by atoms with E-state index in [0.717, 1.165) is 30.5 Å². The van der Waals surface area contributed by atoms with Gasteiger partial charge in [0, 0.05) is 42.8 Å².